The molecule has 0 saturated carbocycles. The summed E-state index contributed by atoms with van der Waals surface area (Å²) < 4.78 is 33.1. The van der Waals surface area contributed by atoms with E-state index in [1.807, 2.05) is 13.8 Å². The van der Waals surface area contributed by atoms with Crippen molar-refractivity contribution in [2.75, 3.05) is 24.0 Å². The number of nitrogens with zero attached hydrogens (tertiary/aromatic N) is 1. The summed E-state index contributed by atoms with van der Waals surface area (Å²) in [5, 5.41) is 3.15. The molecule has 0 fully saturated rings. The second-order valence-electron chi connectivity index (χ2n) is 6.88. The fraction of sp³-hybridized carbons (Fsp3) is 0.381. The summed E-state index contributed by atoms with van der Waals surface area (Å²) in [7, 11) is -3.95. The summed E-state index contributed by atoms with van der Waals surface area (Å²) in [6.45, 7) is 6.25. The molecule has 0 atom stereocenters. The number of aryl methyl sites for hydroxylation is 1. The van der Waals surface area contributed by atoms with Crippen molar-refractivity contribution in [2.45, 2.75) is 38.2 Å². The van der Waals surface area contributed by atoms with E-state index >= 15 is 0 Å². The van der Waals surface area contributed by atoms with Crippen molar-refractivity contribution in [1.29, 1.82) is 0 Å². The molecule has 0 bridgehead atoms. The van der Waals surface area contributed by atoms with Crippen LogP contribution in [0.3, 0.4) is 0 Å². The van der Waals surface area contributed by atoms with Crippen LogP contribution in [-0.4, -0.2) is 40.1 Å². The summed E-state index contributed by atoms with van der Waals surface area (Å²) in [5.74, 6) is -0.395. The minimum absolute atomic E-state index is 0.109. The largest absolute Gasteiger partial charge is 0.379 e. The number of hydrogen-bond acceptors (Lipinski definition) is 4. The molecule has 2 aromatic carbocycles. The molecular weight excluding hydrogens is 412 g/mol. The first-order chi connectivity index (χ1) is 13.7. The number of carbonyl (C=O) groups excluding carboxylic acids is 1. The molecule has 0 spiro atoms. The van der Waals surface area contributed by atoms with Crippen LogP contribution in [-0.2, 0) is 19.6 Å². The van der Waals surface area contributed by atoms with Gasteiger partial charge in [-0.3, -0.25) is 9.10 Å². The van der Waals surface area contributed by atoms with Crippen molar-refractivity contribution in [2.24, 2.45) is 0 Å². The maximum absolute atomic E-state index is 13.3. The van der Waals surface area contributed by atoms with Gasteiger partial charge in [-0.1, -0.05) is 35.9 Å². The smallest absolute Gasteiger partial charge is 0.264 e. The van der Waals surface area contributed by atoms with Gasteiger partial charge in [-0.15, -0.1) is 0 Å². The minimum atomic E-state index is -3.95. The van der Waals surface area contributed by atoms with Crippen molar-refractivity contribution >= 4 is 33.2 Å². The first-order valence-corrected chi connectivity index (χ1v) is 11.3. The van der Waals surface area contributed by atoms with Gasteiger partial charge in [-0.2, -0.15) is 0 Å². The predicted molar refractivity (Wildman–Crippen MR) is 116 cm³/mol. The highest BCUT2D eigenvalue weighted by molar-refractivity contribution is 7.92. The van der Waals surface area contributed by atoms with E-state index < -0.39 is 15.9 Å². The topological polar surface area (TPSA) is 75.7 Å². The maximum Gasteiger partial charge on any atom is 0.264 e. The van der Waals surface area contributed by atoms with Crippen LogP contribution in [0.15, 0.2) is 53.4 Å². The number of anilines is 1. The number of hydrogen-bond donors (Lipinski definition) is 1. The molecule has 158 valence electrons. The van der Waals surface area contributed by atoms with Gasteiger partial charge in [-0.25, -0.2) is 8.42 Å². The van der Waals surface area contributed by atoms with Gasteiger partial charge in [0.05, 0.1) is 16.7 Å². The number of sulfonamides is 1. The first-order valence-electron chi connectivity index (χ1n) is 9.44. The zero-order valence-corrected chi connectivity index (χ0v) is 18.5. The van der Waals surface area contributed by atoms with Crippen molar-refractivity contribution in [3.05, 3.63) is 59.1 Å². The van der Waals surface area contributed by atoms with Crippen LogP contribution >= 0.6 is 11.6 Å². The van der Waals surface area contributed by atoms with Crippen molar-refractivity contribution in [3.63, 3.8) is 0 Å². The first kappa shape index (κ1) is 23.2. The van der Waals surface area contributed by atoms with Gasteiger partial charge in [-0.05, 0) is 57.0 Å². The third-order valence-corrected chi connectivity index (χ3v) is 6.16. The van der Waals surface area contributed by atoms with Crippen LogP contribution < -0.4 is 9.62 Å². The maximum atomic E-state index is 13.3. The van der Waals surface area contributed by atoms with Gasteiger partial charge in [0.1, 0.15) is 6.54 Å². The molecule has 0 unspecified atom stereocenters. The normalized spacial score (nSPS) is 11.5. The third-order valence-electron chi connectivity index (χ3n) is 4.15. The van der Waals surface area contributed by atoms with Gasteiger partial charge in [0.2, 0.25) is 5.91 Å². The van der Waals surface area contributed by atoms with Gasteiger partial charge in [0.15, 0.2) is 0 Å². The molecule has 8 heteroatoms. The van der Waals surface area contributed by atoms with Gasteiger partial charge < -0.3 is 10.1 Å². The predicted octanol–water partition coefficient (Wildman–Crippen LogP) is 3.78. The van der Waals surface area contributed by atoms with Crippen LogP contribution in [0.1, 0.15) is 25.8 Å². The molecule has 1 N–H and O–H groups in total. The molecule has 0 heterocycles. The monoisotopic (exact) mass is 438 g/mol. The standard InChI is InChI=1S/C21H27ClN2O4S/c1-16(2)28-13-7-12-23-21(25)15-24(20-14-18(22)11-10-17(20)3)29(26,27)19-8-5-4-6-9-19/h4-6,8-11,14,16H,7,12-13,15H2,1-3H3,(H,23,25). The van der Waals surface area contributed by atoms with Crippen LogP contribution in [0.4, 0.5) is 5.69 Å². The molecule has 29 heavy (non-hydrogen) atoms. The molecular formula is C21H27ClN2O4S. The Hall–Kier alpha value is -2.09. The summed E-state index contributed by atoms with van der Waals surface area (Å²) in [6, 6.07) is 13.0. The highest BCUT2D eigenvalue weighted by Gasteiger charge is 2.28. The number of benzene rings is 2. The van der Waals surface area contributed by atoms with Crippen LogP contribution in [0.2, 0.25) is 5.02 Å². The van der Waals surface area contributed by atoms with Gasteiger partial charge in [0, 0.05) is 18.2 Å². The highest BCUT2D eigenvalue weighted by atomic mass is 35.5. The van der Waals surface area contributed by atoms with E-state index in [1.165, 1.54) is 12.1 Å². The molecule has 0 aromatic heterocycles. The lowest BCUT2D eigenvalue weighted by molar-refractivity contribution is -0.119. The number of nitrogens with one attached hydrogen (secondary N) is 1. The Morgan fingerprint density at radius 1 is 1.17 bits per heavy atom. The second kappa shape index (κ2) is 10.6. The molecule has 1 amide bonds. The minimum Gasteiger partial charge on any atom is -0.379 e. The lowest BCUT2D eigenvalue weighted by atomic mass is 10.2. The number of halogens is 1. The SMILES string of the molecule is Cc1ccc(Cl)cc1N(CC(=O)NCCCOC(C)C)S(=O)(=O)c1ccccc1. The Balaban J connectivity index is 2.22. The van der Waals surface area contributed by atoms with E-state index in [9.17, 15) is 13.2 Å². The molecule has 0 aliphatic rings. The van der Waals surface area contributed by atoms with Crippen LogP contribution in [0.5, 0.6) is 0 Å². The Bertz CT molecular complexity index is 918. The van der Waals surface area contributed by atoms with Crippen molar-refractivity contribution < 1.29 is 17.9 Å². The Kier molecular flexibility index (Phi) is 8.49. The number of carbonyl (C=O) groups is 1. The summed E-state index contributed by atoms with van der Waals surface area (Å²) >= 11 is 6.10. The molecule has 6 nitrogen and oxygen atoms in total. The Labute approximate surface area is 177 Å². The molecule has 0 aliphatic carbocycles. The highest BCUT2D eigenvalue weighted by Crippen LogP contribution is 2.29. The second-order valence-corrected chi connectivity index (χ2v) is 9.18. The molecule has 2 rings (SSSR count). The van der Waals surface area contributed by atoms with Gasteiger partial charge in [0.25, 0.3) is 10.0 Å². The van der Waals surface area contributed by atoms with Crippen molar-refractivity contribution in [1.82, 2.24) is 5.32 Å². The average Bonchev–Trinajstić information content (AvgIpc) is 2.68. The van der Waals surface area contributed by atoms with E-state index in [0.717, 1.165) is 4.31 Å². The molecule has 0 radical (unpaired) electrons. The average molecular weight is 439 g/mol. The lowest BCUT2D eigenvalue weighted by Gasteiger charge is -2.26. The Morgan fingerprint density at radius 3 is 2.52 bits per heavy atom. The zero-order chi connectivity index (χ0) is 21.4. The van der Waals surface area contributed by atoms with Crippen molar-refractivity contribution in [3.8, 4) is 0 Å². The Morgan fingerprint density at radius 2 is 1.86 bits per heavy atom. The van der Waals surface area contributed by atoms with Crippen LogP contribution in [0, 0.1) is 6.92 Å². The number of rotatable bonds is 10. The fourth-order valence-corrected chi connectivity index (χ4v) is 4.34. The van der Waals surface area contributed by atoms with E-state index in [4.69, 9.17) is 16.3 Å². The van der Waals surface area contributed by atoms with E-state index in [-0.39, 0.29) is 17.5 Å². The number of amides is 1. The quantitative estimate of drug-likeness (QED) is 0.573. The van der Waals surface area contributed by atoms with E-state index in [0.29, 0.717) is 35.8 Å². The summed E-state index contributed by atoms with van der Waals surface area (Å²) in [4.78, 5) is 12.6. The number of ether oxygens (including phenoxy) is 1. The summed E-state index contributed by atoms with van der Waals surface area (Å²) in [6.07, 6.45) is 0.772. The molecule has 0 aliphatic heterocycles. The third kappa shape index (κ3) is 6.73. The lowest BCUT2D eigenvalue weighted by Crippen LogP contribution is -2.41. The van der Waals surface area contributed by atoms with Crippen LogP contribution in [0.25, 0.3) is 0 Å². The van der Waals surface area contributed by atoms with E-state index in [1.54, 1.807) is 43.3 Å². The molecule has 2 aromatic rings. The molecule has 0 saturated heterocycles. The fourth-order valence-electron chi connectivity index (χ4n) is 2.68. The van der Waals surface area contributed by atoms with E-state index in [2.05, 4.69) is 5.32 Å². The summed E-state index contributed by atoms with van der Waals surface area (Å²) in [5.41, 5.74) is 1.08. The van der Waals surface area contributed by atoms with Gasteiger partial charge >= 0.3 is 0 Å². The zero-order valence-electron chi connectivity index (χ0n) is 16.9.